The largest absolute Gasteiger partial charge is 0.371 e. The predicted molar refractivity (Wildman–Crippen MR) is 131 cm³/mol. The van der Waals surface area contributed by atoms with Crippen LogP contribution in [0.25, 0.3) is 0 Å². The van der Waals surface area contributed by atoms with Crippen LogP contribution in [-0.2, 0) is 9.53 Å². The number of fused-ring (bicyclic) bond motifs is 2. The Balaban J connectivity index is 1.18. The number of Topliss-reactive ketones (excluding diaryl/α,β-unsaturated/α-hetero) is 1. The van der Waals surface area contributed by atoms with Crippen molar-refractivity contribution in [2.45, 2.75) is 51.0 Å². The molecule has 5 rings (SSSR count). The van der Waals surface area contributed by atoms with Gasteiger partial charge in [0, 0.05) is 23.8 Å². The third-order valence-electron chi connectivity index (χ3n) is 7.35. The highest BCUT2D eigenvalue weighted by Gasteiger charge is 2.30. The lowest BCUT2D eigenvalue weighted by Crippen LogP contribution is -2.25. The highest BCUT2D eigenvalue weighted by Crippen LogP contribution is 2.36. The third-order valence-corrected chi connectivity index (χ3v) is 7.35. The minimum absolute atomic E-state index is 0.0555. The van der Waals surface area contributed by atoms with Gasteiger partial charge in [-0.25, -0.2) is 0 Å². The zero-order chi connectivity index (χ0) is 22.1. The maximum atomic E-state index is 12.9. The molecule has 2 nitrogen and oxygen atoms in total. The molecule has 2 atom stereocenters. The summed E-state index contributed by atoms with van der Waals surface area (Å²) in [5.41, 5.74) is 6.83. The van der Waals surface area contributed by atoms with E-state index in [4.69, 9.17) is 4.74 Å². The average molecular weight is 425 g/mol. The van der Waals surface area contributed by atoms with E-state index in [-0.39, 0.29) is 17.3 Å². The monoisotopic (exact) mass is 424 g/mol. The van der Waals surface area contributed by atoms with E-state index < -0.39 is 0 Å². The molecule has 0 N–H and O–H groups in total. The standard InChI is InChI=1S/C30H32O2/c1-21-15-27(19-25-7-3-4-8-28(21)25)29(31)12-10-22-16-24-11-9-23(18-26(24)17-22)20-32-30(2)13-5-6-14-30/h3-4,7-9,11,15-19,26,28H,1,5-6,10,12-14,20H2,2H3. The van der Waals surface area contributed by atoms with Crippen LogP contribution in [-0.4, -0.2) is 18.0 Å². The Bertz CT molecular complexity index is 1070. The molecule has 0 heterocycles. The number of ether oxygens (including phenoxy) is 1. The van der Waals surface area contributed by atoms with Gasteiger partial charge in [-0.1, -0.05) is 79.7 Å². The summed E-state index contributed by atoms with van der Waals surface area (Å²) in [5.74, 6) is 0.727. The van der Waals surface area contributed by atoms with E-state index in [1.807, 2.05) is 24.3 Å². The lowest BCUT2D eigenvalue weighted by Gasteiger charge is -2.25. The van der Waals surface area contributed by atoms with Gasteiger partial charge in [0.05, 0.1) is 12.2 Å². The number of ketones is 1. The fourth-order valence-electron chi connectivity index (χ4n) is 5.36. The predicted octanol–water partition coefficient (Wildman–Crippen LogP) is 6.83. The molecule has 32 heavy (non-hydrogen) atoms. The number of rotatable bonds is 7. The molecule has 0 aliphatic heterocycles. The molecule has 0 bridgehead atoms. The van der Waals surface area contributed by atoms with E-state index >= 15 is 0 Å². The van der Waals surface area contributed by atoms with E-state index in [0.717, 1.165) is 23.1 Å². The minimum Gasteiger partial charge on any atom is -0.371 e. The highest BCUT2D eigenvalue weighted by molar-refractivity contribution is 5.99. The van der Waals surface area contributed by atoms with Crippen LogP contribution in [0, 0.1) is 11.8 Å². The summed E-state index contributed by atoms with van der Waals surface area (Å²) in [5, 5.41) is 0. The van der Waals surface area contributed by atoms with Gasteiger partial charge < -0.3 is 4.74 Å². The zero-order valence-electron chi connectivity index (χ0n) is 19.0. The first kappa shape index (κ1) is 21.2. The average Bonchev–Trinajstić information content (AvgIpc) is 3.42. The van der Waals surface area contributed by atoms with Gasteiger partial charge in [-0.05, 0) is 60.6 Å². The Morgan fingerprint density at radius 3 is 2.69 bits per heavy atom. The van der Waals surface area contributed by atoms with E-state index in [0.29, 0.717) is 18.9 Å². The second-order valence-corrected chi connectivity index (χ2v) is 9.90. The Morgan fingerprint density at radius 1 is 1.03 bits per heavy atom. The van der Waals surface area contributed by atoms with Crippen LogP contribution < -0.4 is 0 Å². The van der Waals surface area contributed by atoms with Crippen molar-refractivity contribution < 1.29 is 9.53 Å². The number of hydrogen-bond donors (Lipinski definition) is 0. The molecule has 2 heteroatoms. The quantitative estimate of drug-likeness (QED) is 0.448. The number of carbonyl (C=O) groups is 1. The molecule has 0 amide bonds. The van der Waals surface area contributed by atoms with Crippen molar-refractivity contribution in [2.24, 2.45) is 11.8 Å². The molecular formula is C30H32O2. The van der Waals surface area contributed by atoms with Crippen LogP contribution in [0.3, 0.4) is 0 Å². The summed E-state index contributed by atoms with van der Waals surface area (Å²) in [6.07, 6.45) is 29.8. The van der Waals surface area contributed by atoms with Gasteiger partial charge in [0.1, 0.15) is 0 Å². The number of carbonyl (C=O) groups excluding carboxylic acids is 1. The van der Waals surface area contributed by atoms with Crippen LogP contribution in [0.5, 0.6) is 0 Å². The van der Waals surface area contributed by atoms with Crippen molar-refractivity contribution in [1.82, 2.24) is 0 Å². The summed E-state index contributed by atoms with van der Waals surface area (Å²) in [7, 11) is 0. The summed E-state index contributed by atoms with van der Waals surface area (Å²) >= 11 is 0. The van der Waals surface area contributed by atoms with Crippen LogP contribution in [0.2, 0.25) is 0 Å². The van der Waals surface area contributed by atoms with Gasteiger partial charge in [0.25, 0.3) is 0 Å². The first-order valence-corrected chi connectivity index (χ1v) is 11.9. The molecule has 164 valence electrons. The van der Waals surface area contributed by atoms with E-state index in [1.165, 1.54) is 42.4 Å². The van der Waals surface area contributed by atoms with Crippen molar-refractivity contribution in [3.63, 3.8) is 0 Å². The van der Waals surface area contributed by atoms with Gasteiger partial charge in [0.2, 0.25) is 0 Å². The zero-order valence-corrected chi connectivity index (χ0v) is 19.0. The minimum atomic E-state index is 0.0555. The molecule has 5 aliphatic carbocycles. The topological polar surface area (TPSA) is 26.3 Å². The molecule has 0 aromatic carbocycles. The van der Waals surface area contributed by atoms with Gasteiger partial charge in [-0.2, -0.15) is 0 Å². The fourth-order valence-corrected chi connectivity index (χ4v) is 5.36. The van der Waals surface area contributed by atoms with Crippen LogP contribution in [0.4, 0.5) is 0 Å². The Morgan fingerprint density at radius 2 is 1.84 bits per heavy atom. The van der Waals surface area contributed by atoms with Crippen molar-refractivity contribution in [3.8, 4) is 0 Å². The molecule has 0 aromatic rings. The van der Waals surface area contributed by atoms with Crippen LogP contribution >= 0.6 is 0 Å². The van der Waals surface area contributed by atoms with Crippen LogP contribution in [0.1, 0.15) is 45.4 Å². The molecule has 2 unspecified atom stereocenters. The number of hydrogen-bond acceptors (Lipinski definition) is 2. The maximum Gasteiger partial charge on any atom is 0.163 e. The Hall–Kier alpha value is -2.71. The van der Waals surface area contributed by atoms with Crippen LogP contribution in [0.15, 0.2) is 107 Å². The van der Waals surface area contributed by atoms with Gasteiger partial charge in [-0.3, -0.25) is 4.79 Å². The smallest absolute Gasteiger partial charge is 0.163 e. The van der Waals surface area contributed by atoms with Gasteiger partial charge in [0.15, 0.2) is 5.78 Å². The van der Waals surface area contributed by atoms with E-state index in [1.54, 1.807) is 0 Å². The first-order valence-electron chi connectivity index (χ1n) is 11.9. The normalized spacial score (nSPS) is 27.3. The lowest BCUT2D eigenvalue weighted by atomic mass is 9.81. The number of allylic oxidation sites excluding steroid dienone is 15. The van der Waals surface area contributed by atoms with Crippen molar-refractivity contribution in [1.29, 1.82) is 0 Å². The maximum absolute atomic E-state index is 12.9. The molecule has 0 radical (unpaired) electrons. The second-order valence-electron chi connectivity index (χ2n) is 9.90. The fraction of sp³-hybridized carbons (Fsp3) is 0.367. The van der Waals surface area contributed by atoms with Crippen molar-refractivity contribution >= 4 is 5.78 Å². The highest BCUT2D eigenvalue weighted by atomic mass is 16.5. The molecular weight excluding hydrogens is 392 g/mol. The van der Waals surface area contributed by atoms with Crippen molar-refractivity contribution in [2.75, 3.05) is 6.61 Å². The Kier molecular flexibility index (Phi) is 5.73. The summed E-state index contributed by atoms with van der Waals surface area (Å²) in [6, 6.07) is 0. The van der Waals surface area contributed by atoms with E-state index in [9.17, 15) is 4.79 Å². The third kappa shape index (κ3) is 4.42. The molecule has 0 spiro atoms. The summed E-state index contributed by atoms with van der Waals surface area (Å²) in [4.78, 5) is 12.9. The second kappa shape index (κ2) is 8.67. The van der Waals surface area contributed by atoms with Crippen molar-refractivity contribution in [3.05, 3.63) is 107 Å². The molecule has 0 aromatic heterocycles. The van der Waals surface area contributed by atoms with E-state index in [2.05, 4.69) is 56.0 Å². The van der Waals surface area contributed by atoms with Gasteiger partial charge in [-0.15, -0.1) is 0 Å². The molecule has 1 saturated carbocycles. The molecule has 5 aliphatic rings. The molecule has 0 saturated heterocycles. The summed E-state index contributed by atoms with van der Waals surface area (Å²) in [6.45, 7) is 7.11. The SMILES string of the molecule is C=C1C=C(C(=O)CCC2=CC3C=C(COC4(C)CCCC4)C=CC3=C2)C=C2C=CC=CC12. The molecule has 1 fully saturated rings. The lowest BCUT2D eigenvalue weighted by molar-refractivity contribution is -0.115. The summed E-state index contributed by atoms with van der Waals surface area (Å²) < 4.78 is 6.27. The first-order chi connectivity index (χ1) is 15.5. The van der Waals surface area contributed by atoms with Gasteiger partial charge >= 0.3 is 0 Å². The Labute approximate surface area is 191 Å².